The SMILES string of the molecule is NC(=S)C1(C(=O)N2CCCCC2CO)CCOCC1. The van der Waals surface area contributed by atoms with Gasteiger partial charge in [-0.3, -0.25) is 4.79 Å². The van der Waals surface area contributed by atoms with Crippen LogP contribution >= 0.6 is 12.2 Å². The number of carbonyl (C=O) groups excluding carboxylic acids is 1. The molecule has 1 unspecified atom stereocenters. The molecule has 2 rings (SSSR count). The normalized spacial score (nSPS) is 27.0. The molecule has 1 atom stereocenters. The Morgan fingerprint density at radius 3 is 2.68 bits per heavy atom. The van der Waals surface area contributed by atoms with E-state index in [0.717, 1.165) is 19.3 Å². The van der Waals surface area contributed by atoms with Crippen molar-refractivity contribution < 1.29 is 14.6 Å². The molecule has 0 aliphatic carbocycles. The minimum absolute atomic E-state index is 0.00958. The number of hydrogen-bond acceptors (Lipinski definition) is 4. The van der Waals surface area contributed by atoms with Crippen molar-refractivity contribution in [2.24, 2.45) is 11.1 Å². The van der Waals surface area contributed by atoms with Gasteiger partial charge in [0.05, 0.1) is 17.6 Å². The molecule has 1 amide bonds. The molecule has 0 aromatic rings. The predicted octanol–water partition coefficient (Wildman–Crippen LogP) is 0.443. The van der Waals surface area contributed by atoms with Gasteiger partial charge in [0, 0.05) is 19.8 Å². The molecule has 0 saturated carbocycles. The molecule has 0 spiro atoms. The lowest BCUT2D eigenvalue weighted by Gasteiger charge is -2.43. The quantitative estimate of drug-likeness (QED) is 0.736. The van der Waals surface area contributed by atoms with E-state index < -0.39 is 5.41 Å². The molecule has 2 saturated heterocycles. The number of thiocarbonyl (C=S) groups is 1. The van der Waals surface area contributed by atoms with Crippen molar-refractivity contribution >= 4 is 23.1 Å². The van der Waals surface area contributed by atoms with Crippen molar-refractivity contribution in [3.63, 3.8) is 0 Å². The lowest BCUT2D eigenvalue weighted by molar-refractivity contribution is -0.147. The van der Waals surface area contributed by atoms with Crippen LogP contribution in [0.25, 0.3) is 0 Å². The summed E-state index contributed by atoms with van der Waals surface area (Å²) in [5.41, 5.74) is 5.10. The summed E-state index contributed by atoms with van der Waals surface area (Å²) in [7, 11) is 0. The largest absolute Gasteiger partial charge is 0.394 e. The first-order valence-corrected chi connectivity index (χ1v) is 7.32. The summed E-state index contributed by atoms with van der Waals surface area (Å²) in [5, 5.41) is 9.45. The maximum Gasteiger partial charge on any atom is 0.236 e. The van der Waals surface area contributed by atoms with E-state index in [9.17, 15) is 9.90 Å². The Balaban J connectivity index is 2.21. The van der Waals surface area contributed by atoms with E-state index in [1.807, 2.05) is 0 Å². The van der Waals surface area contributed by atoms with Crippen LogP contribution < -0.4 is 5.73 Å². The van der Waals surface area contributed by atoms with Crippen molar-refractivity contribution in [1.82, 2.24) is 4.90 Å². The Hall–Kier alpha value is -0.720. The molecule has 19 heavy (non-hydrogen) atoms. The number of amides is 1. The first kappa shape index (κ1) is 14.7. The molecular formula is C13H22N2O3S. The number of likely N-dealkylation sites (tertiary alicyclic amines) is 1. The van der Waals surface area contributed by atoms with Crippen LogP contribution in [0.5, 0.6) is 0 Å². The molecule has 2 fully saturated rings. The lowest BCUT2D eigenvalue weighted by Crippen LogP contribution is -2.57. The van der Waals surface area contributed by atoms with E-state index in [0.29, 0.717) is 32.6 Å². The number of nitrogens with two attached hydrogens (primary N) is 1. The van der Waals surface area contributed by atoms with Gasteiger partial charge in [-0.25, -0.2) is 0 Å². The molecule has 0 aromatic carbocycles. The van der Waals surface area contributed by atoms with Crippen LogP contribution in [0.4, 0.5) is 0 Å². The van der Waals surface area contributed by atoms with Crippen molar-refractivity contribution in [3.8, 4) is 0 Å². The van der Waals surface area contributed by atoms with Crippen LogP contribution in [0.3, 0.4) is 0 Å². The van der Waals surface area contributed by atoms with Gasteiger partial charge < -0.3 is 20.5 Å². The number of ether oxygens (including phenoxy) is 1. The fraction of sp³-hybridized carbons (Fsp3) is 0.846. The summed E-state index contributed by atoms with van der Waals surface area (Å²) in [5.74, 6) is -0.0120. The standard InChI is InChI=1S/C13H22N2O3S/c14-11(19)13(4-7-18-8-5-13)12(17)15-6-2-1-3-10(15)9-16/h10,16H,1-9H2,(H2,14,19). The highest BCUT2D eigenvalue weighted by atomic mass is 32.1. The number of hydrogen-bond donors (Lipinski definition) is 2. The molecule has 3 N–H and O–H groups in total. The zero-order valence-electron chi connectivity index (χ0n) is 11.1. The molecule has 0 bridgehead atoms. The van der Waals surface area contributed by atoms with E-state index in [1.54, 1.807) is 4.90 Å². The first-order valence-electron chi connectivity index (χ1n) is 6.91. The molecule has 2 aliphatic heterocycles. The highest BCUT2D eigenvalue weighted by Crippen LogP contribution is 2.35. The minimum Gasteiger partial charge on any atom is -0.394 e. The number of carbonyl (C=O) groups is 1. The fourth-order valence-corrected chi connectivity index (χ4v) is 3.31. The van der Waals surface area contributed by atoms with E-state index in [-0.39, 0.29) is 23.5 Å². The third kappa shape index (κ3) is 2.75. The number of aliphatic hydroxyl groups excluding tert-OH is 1. The van der Waals surface area contributed by atoms with Crippen molar-refractivity contribution in [2.75, 3.05) is 26.4 Å². The monoisotopic (exact) mass is 286 g/mol. The van der Waals surface area contributed by atoms with Gasteiger partial charge in [-0.1, -0.05) is 12.2 Å². The molecule has 0 radical (unpaired) electrons. The van der Waals surface area contributed by atoms with Gasteiger partial charge in [0.2, 0.25) is 5.91 Å². The summed E-state index contributed by atoms with van der Waals surface area (Å²) in [4.78, 5) is 14.9. The zero-order valence-corrected chi connectivity index (χ0v) is 12.0. The third-order valence-electron chi connectivity index (χ3n) is 4.33. The maximum atomic E-state index is 12.9. The first-order chi connectivity index (χ1) is 9.12. The number of aliphatic hydroxyl groups is 1. The zero-order chi connectivity index (χ0) is 13.9. The Bertz CT molecular complexity index is 356. The van der Waals surface area contributed by atoms with Crippen molar-refractivity contribution in [1.29, 1.82) is 0 Å². The fourth-order valence-electron chi connectivity index (χ4n) is 3.02. The van der Waals surface area contributed by atoms with Crippen LogP contribution in [0.1, 0.15) is 32.1 Å². The van der Waals surface area contributed by atoms with Crippen molar-refractivity contribution in [3.05, 3.63) is 0 Å². The second-order valence-corrected chi connectivity index (χ2v) is 5.83. The van der Waals surface area contributed by atoms with Gasteiger partial charge in [-0.05, 0) is 32.1 Å². The average molecular weight is 286 g/mol. The molecule has 108 valence electrons. The number of piperidine rings is 1. The highest BCUT2D eigenvalue weighted by Gasteiger charge is 2.46. The van der Waals surface area contributed by atoms with Crippen LogP contribution in [0, 0.1) is 5.41 Å². The Labute approximate surface area is 119 Å². The lowest BCUT2D eigenvalue weighted by atomic mass is 9.78. The summed E-state index contributed by atoms with van der Waals surface area (Å²) in [6.07, 6.45) is 3.99. The van der Waals surface area contributed by atoms with E-state index in [1.165, 1.54) is 0 Å². The van der Waals surface area contributed by atoms with Crippen molar-refractivity contribution in [2.45, 2.75) is 38.1 Å². The number of rotatable bonds is 3. The van der Waals surface area contributed by atoms with Gasteiger partial charge in [-0.2, -0.15) is 0 Å². The second-order valence-electron chi connectivity index (χ2n) is 5.39. The summed E-state index contributed by atoms with van der Waals surface area (Å²) < 4.78 is 5.33. The molecule has 0 aromatic heterocycles. The topological polar surface area (TPSA) is 75.8 Å². The summed E-state index contributed by atoms with van der Waals surface area (Å²) in [6.45, 7) is 1.73. The van der Waals surface area contributed by atoms with E-state index in [4.69, 9.17) is 22.7 Å². The highest BCUT2D eigenvalue weighted by molar-refractivity contribution is 7.80. The average Bonchev–Trinajstić information content (AvgIpc) is 2.47. The number of nitrogens with zero attached hydrogens (tertiary/aromatic N) is 1. The van der Waals surface area contributed by atoms with Gasteiger partial charge >= 0.3 is 0 Å². The molecular weight excluding hydrogens is 264 g/mol. The van der Waals surface area contributed by atoms with E-state index in [2.05, 4.69) is 0 Å². The maximum absolute atomic E-state index is 12.9. The Morgan fingerprint density at radius 1 is 1.42 bits per heavy atom. The summed E-state index contributed by atoms with van der Waals surface area (Å²) in [6, 6.07) is -0.0877. The molecule has 5 nitrogen and oxygen atoms in total. The van der Waals surface area contributed by atoms with Crippen LogP contribution in [-0.2, 0) is 9.53 Å². The Kier molecular flexibility index (Phi) is 4.76. The second kappa shape index (κ2) is 6.15. The minimum atomic E-state index is -0.766. The molecule has 6 heteroatoms. The van der Waals surface area contributed by atoms with Gasteiger partial charge in [0.25, 0.3) is 0 Å². The van der Waals surface area contributed by atoms with Gasteiger partial charge in [0.1, 0.15) is 5.41 Å². The smallest absolute Gasteiger partial charge is 0.236 e. The van der Waals surface area contributed by atoms with Crippen LogP contribution in [0.15, 0.2) is 0 Å². The van der Waals surface area contributed by atoms with Gasteiger partial charge in [-0.15, -0.1) is 0 Å². The summed E-state index contributed by atoms with van der Waals surface area (Å²) >= 11 is 5.16. The molecule has 2 heterocycles. The van der Waals surface area contributed by atoms with Gasteiger partial charge in [0.15, 0.2) is 0 Å². The van der Waals surface area contributed by atoms with Crippen LogP contribution in [0.2, 0.25) is 0 Å². The Morgan fingerprint density at radius 2 is 2.11 bits per heavy atom. The van der Waals surface area contributed by atoms with E-state index >= 15 is 0 Å². The molecule has 2 aliphatic rings. The third-order valence-corrected chi connectivity index (χ3v) is 4.72. The van der Waals surface area contributed by atoms with Crippen LogP contribution in [-0.4, -0.2) is 53.3 Å². The predicted molar refractivity (Wildman–Crippen MR) is 75.7 cm³/mol.